The molecule has 0 aromatic heterocycles. The van der Waals surface area contributed by atoms with Crippen molar-refractivity contribution in [3.63, 3.8) is 0 Å². The molecular weight excluding hydrogens is 218 g/mol. The summed E-state index contributed by atoms with van der Waals surface area (Å²) in [5, 5.41) is 8.54. The highest BCUT2D eigenvalue weighted by atomic mass is 16.5. The van der Waals surface area contributed by atoms with E-state index >= 15 is 0 Å². The van der Waals surface area contributed by atoms with Crippen molar-refractivity contribution < 1.29 is 14.6 Å². The smallest absolute Gasteiger partial charge is 0.306 e. The number of aryl methyl sites for hydroxylation is 1. The number of hydrogen-bond donors (Lipinski definition) is 1. The number of ether oxygens (including phenoxy) is 1. The minimum Gasteiger partial charge on any atom is -0.493 e. The summed E-state index contributed by atoms with van der Waals surface area (Å²) in [6.07, 6.45) is 2.32. The summed E-state index contributed by atoms with van der Waals surface area (Å²) in [7, 11) is 2.07. The van der Waals surface area contributed by atoms with E-state index in [1.54, 1.807) is 0 Å². The average molecular weight is 235 g/mol. The molecule has 0 aliphatic carbocycles. The fraction of sp³-hybridized carbons (Fsp3) is 0.462. The minimum atomic E-state index is -0.833. The lowest BCUT2D eigenvalue weighted by Crippen LogP contribution is -2.24. The Hall–Kier alpha value is -1.71. The van der Waals surface area contributed by atoms with Crippen LogP contribution in [0.2, 0.25) is 0 Å². The normalized spacial score (nSPS) is 14.3. The lowest BCUT2D eigenvalue weighted by atomic mass is 10.0. The van der Waals surface area contributed by atoms with Gasteiger partial charge in [0.15, 0.2) is 0 Å². The second-order valence-corrected chi connectivity index (χ2v) is 4.31. The molecule has 1 aliphatic heterocycles. The molecule has 1 N–H and O–H groups in total. The van der Waals surface area contributed by atoms with Gasteiger partial charge >= 0.3 is 5.97 Å². The molecular formula is C13H17NO3. The SMILES string of the molecule is CN1CCCc2ccc(OCCC(=O)O)cc21. The van der Waals surface area contributed by atoms with E-state index in [-0.39, 0.29) is 13.0 Å². The number of carboxylic acids is 1. The number of hydrogen-bond acceptors (Lipinski definition) is 3. The monoisotopic (exact) mass is 235 g/mol. The summed E-state index contributed by atoms with van der Waals surface area (Å²) in [4.78, 5) is 12.6. The predicted octanol–water partition coefficient (Wildman–Crippen LogP) is 1.92. The van der Waals surface area contributed by atoms with Gasteiger partial charge in [-0.1, -0.05) is 6.07 Å². The Morgan fingerprint density at radius 3 is 3.12 bits per heavy atom. The highest BCUT2D eigenvalue weighted by Gasteiger charge is 2.14. The van der Waals surface area contributed by atoms with Gasteiger partial charge in [0, 0.05) is 25.3 Å². The van der Waals surface area contributed by atoms with Crippen LogP contribution >= 0.6 is 0 Å². The van der Waals surface area contributed by atoms with Crippen LogP contribution in [-0.4, -0.2) is 31.3 Å². The number of nitrogens with zero attached hydrogens (tertiary/aromatic N) is 1. The van der Waals surface area contributed by atoms with Crippen LogP contribution in [-0.2, 0) is 11.2 Å². The summed E-state index contributed by atoms with van der Waals surface area (Å²) in [6, 6.07) is 5.98. The molecule has 2 rings (SSSR count). The Morgan fingerprint density at radius 2 is 2.35 bits per heavy atom. The fourth-order valence-corrected chi connectivity index (χ4v) is 2.08. The van der Waals surface area contributed by atoms with Crippen molar-refractivity contribution >= 4 is 11.7 Å². The third kappa shape index (κ3) is 2.90. The van der Waals surface area contributed by atoms with Gasteiger partial charge in [0.05, 0.1) is 13.0 Å². The molecule has 0 atom stereocenters. The second-order valence-electron chi connectivity index (χ2n) is 4.31. The molecule has 1 heterocycles. The maximum Gasteiger partial charge on any atom is 0.306 e. The molecule has 0 spiro atoms. The highest BCUT2D eigenvalue weighted by molar-refractivity contribution is 5.66. The van der Waals surface area contributed by atoms with Crippen LogP contribution in [0.4, 0.5) is 5.69 Å². The van der Waals surface area contributed by atoms with E-state index in [4.69, 9.17) is 9.84 Å². The molecule has 1 aromatic carbocycles. The van der Waals surface area contributed by atoms with Crippen LogP contribution in [0.25, 0.3) is 0 Å². The Labute approximate surface area is 101 Å². The molecule has 0 bridgehead atoms. The van der Waals surface area contributed by atoms with E-state index in [0.29, 0.717) is 0 Å². The number of fused-ring (bicyclic) bond motifs is 1. The summed E-state index contributed by atoms with van der Waals surface area (Å²) in [5.41, 5.74) is 2.54. The van der Waals surface area contributed by atoms with Crippen molar-refractivity contribution in [3.8, 4) is 5.75 Å². The van der Waals surface area contributed by atoms with Gasteiger partial charge in [0.25, 0.3) is 0 Å². The third-order valence-electron chi connectivity index (χ3n) is 2.99. The van der Waals surface area contributed by atoms with Gasteiger partial charge in [0.1, 0.15) is 5.75 Å². The van der Waals surface area contributed by atoms with Crippen molar-refractivity contribution in [2.75, 3.05) is 25.1 Å². The van der Waals surface area contributed by atoms with Crippen molar-refractivity contribution in [3.05, 3.63) is 23.8 Å². The van der Waals surface area contributed by atoms with Gasteiger partial charge in [-0.15, -0.1) is 0 Å². The Balaban J connectivity index is 2.04. The standard InChI is InChI=1S/C13H17NO3/c1-14-7-2-3-10-4-5-11(9-12(10)14)17-8-6-13(15)16/h4-5,9H,2-3,6-8H2,1H3,(H,15,16). The van der Waals surface area contributed by atoms with Crippen LogP contribution < -0.4 is 9.64 Å². The maximum atomic E-state index is 10.4. The van der Waals surface area contributed by atoms with Gasteiger partial charge in [-0.3, -0.25) is 4.79 Å². The summed E-state index contributed by atoms with van der Waals surface area (Å²) in [6.45, 7) is 1.28. The number of carboxylic acid groups (broad SMARTS) is 1. The number of aliphatic carboxylic acids is 1. The van der Waals surface area contributed by atoms with E-state index in [1.165, 1.54) is 17.7 Å². The zero-order valence-corrected chi connectivity index (χ0v) is 9.98. The van der Waals surface area contributed by atoms with Crippen LogP contribution in [0, 0.1) is 0 Å². The number of anilines is 1. The third-order valence-corrected chi connectivity index (χ3v) is 2.99. The van der Waals surface area contributed by atoms with Gasteiger partial charge in [-0.2, -0.15) is 0 Å². The van der Waals surface area contributed by atoms with Crippen molar-refractivity contribution in [1.29, 1.82) is 0 Å². The van der Waals surface area contributed by atoms with E-state index in [9.17, 15) is 4.79 Å². The quantitative estimate of drug-likeness (QED) is 0.866. The Morgan fingerprint density at radius 1 is 1.53 bits per heavy atom. The van der Waals surface area contributed by atoms with Gasteiger partial charge in [-0.05, 0) is 24.5 Å². The topological polar surface area (TPSA) is 49.8 Å². The largest absolute Gasteiger partial charge is 0.493 e. The molecule has 1 aliphatic rings. The summed E-state index contributed by atoms with van der Waals surface area (Å²) >= 11 is 0. The molecule has 4 heteroatoms. The molecule has 1 aromatic rings. The van der Waals surface area contributed by atoms with E-state index in [0.717, 1.165) is 18.7 Å². The van der Waals surface area contributed by atoms with Gasteiger partial charge in [0.2, 0.25) is 0 Å². The molecule has 0 saturated carbocycles. The molecule has 17 heavy (non-hydrogen) atoms. The van der Waals surface area contributed by atoms with Crippen LogP contribution in [0.3, 0.4) is 0 Å². The number of benzene rings is 1. The molecule has 0 fully saturated rings. The van der Waals surface area contributed by atoms with Crippen LogP contribution in [0.15, 0.2) is 18.2 Å². The molecule has 0 unspecified atom stereocenters. The van der Waals surface area contributed by atoms with Crippen LogP contribution in [0.1, 0.15) is 18.4 Å². The van der Waals surface area contributed by atoms with Crippen molar-refractivity contribution in [1.82, 2.24) is 0 Å². The van der Waals surface area contributed by atoms with Gasteiger partial charge in [-0.25, -0.2) is 0 Å². The Kier molecular flexibility index (Phi) is 3.52. The lowest BCUT2D eigenvalue weighted by Gasteiger charge is -2.27. The predicted molar refractivity (Wildman–Crippen MR) is 65.8 cm³/mol. The highest BCUT2D eigenvalue weighted by Crippen LogP contribution is 2.29. The van der Waals surface area contributed by atoms with Crippen LogP contribution in [0.5, 0.6) is 5.75 Å². The molecule has 0 radical (unpaired) electrons. The van der Waals surface area contributed by atoms with Crippen molar-refractivity contribution in [2.24, 2.45) is 0 Å². The second kappa shape index (κ2) is 5.08. The molecule has 4 nitrogen and oxygen atoms in total. The molecule has 0 amide bonds. The van der Waals surface area contributed by atoms with E-state index < -0.39 is 5.97 Å². The fourth-order valence-electron chi connectivity index (χ4n) is 2.08. The Bertz CT molecular complexity index is 417. The molecule has 0 saturated heterocycles. The summed E-state index contributed by atoms with van der Waals surface area (Å²) in [5.74, 6) is -0.0844. The first-order valence-electron chi connectivity index (χ1n) is 5.85. The van der Waals surface area contributed by atoms with Crippen molar-refractivity contribution in [2.45, 2.75) is 19.3 Å². The van der Waals surface area contributed by atoms with E-state index in [2.05, 4.69) is 18.0 Å². The molecule has 92 valence electrons. The number of carbonyl (C=O) groups is 1. The zero-order valence-electron chi connectivity index (χ0n) is 9.98. The van der Waals surface area contributed by atoms with E-state index in [1.807, 2.05) is 12.1 Å². The average Bonchev–Trinajstić information content (AvgIpc) is 2.30. The first kappa shape index (κ1) is 11.8. The first-order valence-corrected chi connectivity index (χ1v) is 5.85. The van der Waals surface area contributed by atoms with Gasteiger partial charge < -0.3 is 14.7 Å². The number of rotatable bonds is 4. The lowest BCUT2D eigenvalue weighted by molar-refractivity contribution is -0.137. The zero-order chi connectivity index (χ0) is 12.3. The minimum absolute atomic E-state index is 0.0346. The summed E-state index contributed by atoms with van der Waals surface area (Å²) < 4.78 is 5.42. The first-order chi connectivity index (χ1) is 8.16. The maximum absolute atomic E-state index is 10.4.